The molecule has 1 amide bonds. The molecule has 2 aromatic carbocycles. The van der Waals surface area contributed by atoms with E-state index >= 15 is 0 Å². The second-order valence-electron chi connectivity index (χ2n) is 12.7. The maximum atomic E-state index is 13.5. The van der Waals surface area contributed by atoms with Crippen molar-refractivity contribution in [3.8, 4) is 17.2 Å². The van der Waals surface area contributed by atoms with Crippen LogP contribution in [0, 0.1) is 0 Å². The summed E-state index contributed by atoms with van der Waals surface area (Å²) >= 11 is 0. The minimum Gasteiger partial charge on any atom is -0.497 e. The Bertz CT molecular complexity index is 1670. The van der Waals surface area contributed by atoms with Gasteiger partial charge in [-0.15, -0.1) is 0 Å². The van der Waals surface area contributed by atoms with Crippen LogP contribution in [0.25, 0.3) is 17.0 Å². The summed E-state index contributed by atoms with van der Waals surface area (Å²) in [6.45, 7) is 11.7. The van der Waals surface area contributed by atoms with Crippen LogP contribution >= 0.6 is 0 Å². The molecule has 1 aromatic heterocycles. The van der Waals surface area contributed by atoms with Crippen molar-refractivity contribution >= 4 is 29.0 Å². The minimum absolute atomic E-state index is 0.00687. The largest absolute Gasteiger partial charge is 0.497 e. The first-order valence-electron chi connectivity index (χ1n) is 16.2. The standard InChI is InChI=1S/C36H45N3O8/c1-6-44-34(41)12-8-26-22-33(40)38(30-23-28(43-5)9-10-29(26)30)18-17-37-15-13-27(14-16-37)39(35(42)47-36(2,3)4)24-25-7-11-31-32(21-25)46-20-19-45-31/h7-12,21-23,27H,6,13-20,24H2,1-5H3/b12-8-. The number of hydrogen-bond acceptors (Lipinski definition) is 9. The second-order valence-corrected chi connectivity index (χ2v) is 12.7. The van der Waals surface area contributed by atoms with E-state index in [4.69, 9.17) is 23.7 Å². The minimum atomic E-state index is -0.619. The van der Waals surface area contributed by atoms with Gasteiger partial charge in [-0.1, -0.05) is 6.07 Å². The van der Waals surface area contributed by atoms with E-state index in [2.05, 4.69) is 4.90 Å². The highest BCUT2D eigenvalue weighted by Crippen LogP contribution is 2.32. The molecule has 3 heterocycles. The van der Waals surface area contributed by atoms with E-state index in [9.17, 15) is 14.4 Å². The molecule has 0 bridgehead atoms. The number of carbonyl (C=O) groups excluding carboxylic acids is 2. The molecule has 5 rings (SSSR count). The van der Waals surface area contributed by atoms with Crippen molar-refractivity contribution in [1.82, 2.24) is 14.4 Å². The third-order valence-corrected chi connectivity index (χ3v) is 8.26. The maximum Gasteiger partial charge on any atom is 0.410 e. The van der Waals surface area contributed by atoms with Crippen molar-refractivity contribution in [2.45, 2.75) is 65.3 Å². The molecule has 0 saturated carbocycles. The van der Waals surface area contributed by atoms with Crippen molar-refractivity contribution in [3.63, 3.8) is 0 Å². The number of benzene rings is 2. The zero-order chi connectivity index (χ0) is 33.6. The molecule has 0 aliphatic carbocycles. The van der Waals surface area contributed by atoms with Crippen molar-refractivity contribution in [3.05, 3.63) is 70.0 Å². The number of esters is 1. The lowest BCUT2D eigenvalue weighted by Gasteiger charge is -2.39. The summed E-state index contributed by atoms with van der Waals surface area (Å²) in [4.78, 5) is 42.9. The number of methoxy groups -OCH3 is 1. The van der Waals surface area contributed by atoms with Crippen LogP contribution in [-0.4, -0.2) is 84.6 Å². The van der Waals surface area contributed by atoms with Gasteiger partial charge in [0.05, 0.1) is 19.2 Å². The van der Waals surface area contributed by atoms with Gasteiger partial charge in [-0.2, -0.15) is 0 Å². The quantitative estimate of drug-likeness (QED) is 0.215. The molecule has 0 atom stereocenters. The Hall–Kier alpha value is -4.51. The molecule has 2 aliphatic rings. The van der Waals surface area contributed by atoms with Crippen LogP contribution < -0.4 is 19.8 Å². The molecule has 3 aromatic rings. The van der Waals surface area contributed by atoms with E-state index in [1.807, 2.05) is 62.1 Å². The summed E-state index contributed by atoms with van der Waals surface area (Å²) in [5.74, 6) is 1.58. The molecule has 11 nitrogen and oxygen atoms in total. The number of carbonyl (C=O) groups is 2. The lowest BCUT2D eigenvalue weighted by atomic mass is 10.0. The Morgan fingerprint density at radius 1 is 1.00 bits per heavy atom. The predicted molar refractivity (Wildman–Crippen MR) is 179 cm³/mol. The summed E-state index contributed by atoms with van der Waals surface area (Å²) in [5.41, 5.74) is 1.53. The number of nitrogens with zero attached hydrogens (tertiary/aromatic N) is 3. The molecule has 47 heavy (non-hydrogen) atoms. The first-order chi connectivity index (χ1) is 22.5. The van der Waals surface area contributed by atoms with Gasteiger partial charge in [-0.3, -0.25) is 4.79 Å². The van der Waals surface area contributed by atoms with Gasteiger partial charge in [-0.25, -0.2) is 9.59 Å². The fraction of sp³-hybridized carbons (Fsp3) is 0.472. The molecule has 0 unspecified atom stereocenters. The van der Waals surface area contributed by atoms with E-state index in [0.29, 0.717) is 55.7 Å². The summed E-state index contributed by atoms with van der Waals surface area (Å²) in [5, 5.41) is 0.830. The van der Waals surface area contributed by atoms with Crippen LogP contribution in [-0.2, 0) is 27.4 Å². The Morgan fingerprint density at radius 3 is 2.45 bits per heavy atom. The van der Waals surface area contributed by atoms with Crippen LogP contribution in [0.1, 0.15) is 51.7 Å². The van der Waals surface area contributed by atoms with Gasteiger partial charge < -0.3 is 38.1 Å². The van der Waals surface area contributed by atoms with E-state index in [1.165, 1.54) is 6.08 Å². The molecule has 252 valence electrons. The van der Waals surface area contributed by atoms with Crippen LogP contribution in [0.4, 0.5) is 4.79 Å². The number of hydrogen-bond donors (Lipinski definition) is 0. The van der Waals surface area contributed by atoms with Crippen LogP contribution in [0.3, 0.4) is 0 Å². The van der Waals surface area contributed by atoms with E-state index in [-0.39, 0.29) is 24.3 Å². The molecular weight excluding hydrogens is 602 g/mol. The molecular formula is C36H45N3O8. The van der Waals surface area contributed by atoms with Gasteiger partial charge in [0.15, 0.2) is 11.5 Å². The second kappa shape index (κ2) is 14.9. The highest BCUT2D eigenvalue weighted by atomic mass is 16.6. The van der Waals surface area contributed by atoms with Crippen LogP contribution in [0.5, 0.6) is 17.2 Å². The molecule has 1 fully saturated rings. The Kier molecular flexibility index (Phi) is 10.8. The smallest absolute Gasteiger partial charge is 0.410 e. The monoisotopic (exact) mass is 647 g/mol. The van der Waals surface area contributed by atoms with Crippen molar-refractivity contribution < 1.29 is 33.3 Å². The number of piperidine rings is 1. The fourth-order valence-electron chi connectivity index (χ4n) is 5.97. The van der Waals surface area contributed by atoms with Gasteiger partial charge in [0, 0.05) is 62.4 Å². The number of rotatable bonds is 10. The number of ether oxygens (including phenoxy) is 5. The zero-order valence-corrected chi connectivity index (χ0v) is 28.0. The SMILES string of the molecule is CCOC(=O)/C=C\c1cc(=O)n(CCN2CCC(N(Cc3ccc4c(c3)OCCO4)C(=O)OC(C)(C)C)CC2)c2cc(OC)ccc12. The number of amides is 1. The summed E-state index contributed by atoms with van der Waals surface area (Å²) in [6.07, 6.45) is 4.15. The lowest BCUT2D eigenvalue weighted by Crippen LogP contribution is -2.49. The Labute approximate surface area is 275 Å². The van der Waals surface area contributed by atoms with E-state index in [1.54, 1.807) is 30.7 Å². The number of likely N-dealkylation sites (tertiary alicyclic amines) is 1. The van der Waals surface area contributed by atoms with Gasteiger partial charge in [-0.05, 0) is 82.0 Å². The first kappa shape index (κ1) is 33.8. The highest BCUT2D eigenvalue weighted by molar-refractivity contribution is 5.94. The molecule has 0 N–H and O–H groups in total. The Morgan fingerprint density at radius 2 is 1.74 bits per heavy atom. The highest BCUT2D eigenvalue weighted by Gasteiger charge is 2.31. The third-order valence-electron chi connectivity index (χ3n) is 8.26. The number of pyridine rings is 1. The molecule has 2 aliphatic heterocycles. The Balaban J connectivity index is 1.29. The van der Waals surface area contributed by atoms with Gasteiger partial charge in [0.2, 0.25) is 0 Å². The maximum absolute atomic E-state index is 13.5. The third kappa shape index (κ3) is 8.65. The summed E-state index contributed by atoms with van der Waals surface area (Å²) in [7, 11) is 1.59. The van der Waals surface area contributed by atoms with Crippen molar-refractivity contribution in [1.29, 1.82) is 0 Å². The van der Waals surface area contributed by atoms with Gasteiger partial charge in [0.1, 0.15) is 24.6 Å². The first-order valence-corrected chi connectivity index (χ1v) is 16.2. The summed E-state index contributed by atoms with van der Waals surface area (Å²) < 4.78 is 29.5. The number of fused-ring (bicyclic) bond motifs is 2. The fourth-order valence-corrected chi connectivity index (χ4v) is 5.97. The normalized spacial score (nSPS) is 15.5. The van der Waals surface area contributed by atoms with E-state index < -0.39 is 11.6 Å². The average molecular weight is 648 g/mol. The van der Waals surface area contributed by atoms with E-state index in [0.717, 1.165) is 42.4 Å². The lowest BCUT2D eigenvalue weighted by molar-refractivity contribution is -0.137. The zero-order valence-electron chi connectivity index (χ0n) is 28.0. The predicted octanol–water partition coefficient (Wildman–Crippen LogP) is 5.26. The van der Waals surface area contributed by atoms with Crippen LogP contribution in [0.2, 0.25) is 0 Å². The summed E-state index contributed by atoms with van der Waals surface area (Å²) in [6, 6.07) is 12.9. The van der Waals surface area contributed by atoms with Crippen molar-refractivity contribution in [2.24, 2.45) is 0 Å². The molecule has 0 spiro atoms. The molecule has 1 saturated heterocycles. The molecule has 0 radical (unpaired) electrons. The van der Waals surface area contributed by atoms with Gasteiger partial charge >= 0.3 is 12.1 Å². The average Bonchev–Trinajstić information content (AvgIpc) is 3.05. The molecule has 11 heteroatoms. The number of aromatic nitrogens is 1. The van der Waals surface area contributed by atoms with Crippen LogP contribution in [0.15, 0.2) is 53.3 Å². The van der Waals surface area contributed by atoms with Gasteiger partial charge in [0.25, 0.3) is 5.56 Å². The van der Waals surface area contributed by atoms with Crippen molar-refractivity contribution in [2.75, 3.05) is 46.6 Å². The topological polar surface area (TPSA) is 109 Å².